The van der Waals surface area contributed by atoms with E-state index in [4.69, 9.17) is 16.3 Å². The molecule has 2 saturated heterocycles. The summed E-state index contributed by atoms with van der Waals surface area (Å²) >= 11 is 6.00. The van der Waals surface area contributed by atoms with Crippen LogP contribution in [-0.4, -0.2) is 83.8 Å². The molecule has 0 radical (unpaired) electrons. The Hall–Kier alpha value is -3.56. The van der Waals surface area contributed by atoms with Crippen LogP contribution in [0.25, 0.3) is 11.3 Å². The zero-order valence-corrected chi connectivity index (χ0v) is 22.4. The van der Waals surface area contributed by atoms with Gasteiger partial charge in [-0.25, -0.2) is 4.39 Å². The molecule has 3 heterocycles. The van der Waals surface area contributed by atoms with Crippen molar-refractivity contribution in [3.05, 3.63) is 77.1 Å². The summed E-state index contributed by atoms with van der Waals surface area (Å²) in [5.74, 6) is 0.141. The predicted octanol–water partition coefficient (Wildman–Crippen LogP) is 4.30. The highest BCUT2D eigenvalue weighted by atomic mass is 35.5. The zero-order valence-electron chi connectivity index (χ0n) is 21.6. The summed E-state index contributed by atoms with van der Waals surface area (Å²) in [7, 11) is 0. The standard InChI is InChI=1S/C29H31ClFN5O3/c30-23-8-4-22(5-9-23)29(38)36(19-25-3-1-18-39-25)20-28(37)35-15-2-14-34(16-17-35)27-13-12-26(32-33-27)21-6-10-24(31)11-7-21/h4-13,25H,1-3,14-20H2. The van der Waals surface area contributed by atoms with Crippen molar-refractivity contribution in [1.82, 2.24) is 20.0 Å². The normalized spacial score (nSPS) is 17.6. The molecule has 0 aliphatic carbocycles. The molecule has 10 heteroatoms. The first kappa shape index (κ1) is 27.0. The van der Waals surface area contributed by atoms with Crippen LogP contribution in [0.1, 0.15) is 29.6 Å². The highest BCUT2D eigenvalue weighted by molar-refractivity contribution is 6.30. The summed E-state index contributed by atoms with van der Waals surface area (Å²) in [5.41, 5.74) is 1.96. The Morgan fingerprint density at radius 3 is 2.44 bits per heavy atom. The van der Waals surface area contributed by atoms with Crippen LogP contribution in [0.2, 0.25) is 5.02 Å². The van der Waals surface area contributed by atoms with Crippen LogP contribution in [0.15, 0.2) is 60.7 Å². The van der Waals surface area contributed by atoms with Crippen molar-refractivity contribution >= 4 is 29.2 Å². The summed E-state index contributed by atoms with van der Waals surface area (Å²) in [4.78, 5) is 32.2. The fourth-order valence-corrected chi connectivity index (χ4v) is 5.08. The highest BCUT2D eigenvalue weighted by Crippen LogP contribution is 2.21. The van der Waals surface area contributed by atoms with Gasteiger partial charge in [0.25, 0.3) is 5.91 Å². The zero-order chi connectivity index (χ0) is 27.2. The molecule has 0 N–H and O–H groups in total. The Balaban J connectivity index is 1.21. The maximum Gasteiger partial charge on any atom is 0.254 e. The number of carbonyl (C=O) groups excluding carboxylic acids is 2. The number of halogens is 2. The molecule has 2 amide bonds. The second-order valence-corrected chi connectivity index (χ2v) is 10.3. The Bertz CT molecular complexity index is 1270. The minimum atomic E-state index is -0.295. The van der Waals surface area contributed by atoms with E-state index < -0.39 is 0 Å². The summed E-state index contributed by atoms with van der Waals surface area (Å²) < 4.78 is 19.0. The van der Waals surface area contributed by atoms with Crippen LogP contribution < -0.4 is 4.90 Å². The number of hydrogen-bond donors (Lipinski definition) is 0. The lowest BCUT2D eigenvalue weighted by molar-refractivity contribution is -0.132. The first-order valence-corrected chi connectivity index (χ1v) is 13.6. The molecule has 1 aromatic heterocycles. The second-order valence-electron chi connectivity index (χ2n) is 9.83. The van der Waals surface area contributed by atoms with Gasteiger partial charge >= 0.3 is 0 Å². The van der Waals surface area contributed by atoms with E-state index in [1.165, 1.54) is 12.1 Å². The van der Waals surface area contributed by atoms with Crippen molar-refractivity contribution in [2.45, 2.75) is 25.4 Å². The molecule has 2 fully saturated rings. The van der Waals surface area contributed by atoms with Gasteiger partial charge in [0.15, 0.2) is 5.82 Å². The Labute approximate surface area is 232 Å². The average molecular weight is 552 g/mol. The largest absolute Gasteiger partial charge is 0.376 e. The van der Waals surface area contributed by atoms with Gasteiger partial charge in [0, 0.05) is 55.5 Å². The second kappa shape index (κ2) is 12.5. The van der Waals surface area contributed by atoms with Crippen LogP contribution in [0.4, 0.5) is 10.2 Å². The third-order valence-corrected chi connectivity index (χ3v) is 7.37. The smallest absolute Gasteiger partial charge is 0.254 e. The van der Waals surface area contributed by atoms with Gasteiger partial charge in [0.1, 0.15) is 12.4 Å². The van der Waals surface area contributed by atoms with Gasteiger partial charge in [-0.2, -0.15) is 0 Å². The molecule has 5 rings (SSSR count). The number of aromatic nitrogens is 2. The third kappa shape index (κ3) is 6.91. The number of rotatable bonds is 7. The minimum absolute atomic E-state index is 0.00646. The molecular formula is C29H31ClFN5O3. The van der Waals surface area contributed by atoms with Crippen LogP contribution in [0.5, 0.6) is 0 Å². The molecule has 2 aliphatic rings. The van der Waals surface area contributed by atoms with Crippen molar-refractivity contribution in [3.8, 4) is 11.3 Å². The van der Waals surface area contributed by atoms with E-state index in [2.05, 4.69) is 15.1 Å². The van der Waals surface area contributed by atoms with Crippen molar-refractivity contribution in [1.29, 1.82) is 0 Å². The number of nitrogens with zero attached hydrogens (tertiary/aromatic N) is 5. The number of ether oxygens (including phenoxy) is 1. The molecule has 2 aromatic carbocycles. The monoisotopic (exact) mass is 551 g/mol. The first-order valence-electron chi connectivity index (χ1n) is 13.2. The van der Waals surface area contributed by atoms with E-state index in [1.807, 2.05) is 17.0 Å². The summed E-state index contributed by atoms with van der Waals surface area (Å²) in [5, 5.41) is 9.26. The Kier molecular flexibility index (Phi) is 8.68. The van der Waals surface area contributed by atoms with Gasteiger partial charge in [-0.1, -0.05) is 11.6 Å². The van der Waals surface area contributed by atoms with Crippen LogP contribution in [0, 0.1) is 5.82 Å². The van der Waals surface area contributed by atoms with E-state index in [0.717, 1.165) is 37.2 Å². The molecule has 39 heavy (non-hydrogen) atoms. The number of carbonyl (C=O) groups is 2. The van der Waals surface area contributed by atoms with Crippen LogP contribution in [0.3, 0.4) is 0 Å². The number of hydrogen-bond acceptors (Lipinski definition) is 6. The molecule has 204 valence electrons. The summed E-state index contributed by atoms with van der Waals surface area (Å²) in [6, 6.07) is 16.6. The molecule has 0 bridgehead atoms. The maximum atomic E-state index is 13.4. The van der Waals surface area contributed by atoms with Gasteiger partial charge in [0.05, 0.1) is 11.8 Å². The van der Waals surface area contributed by atoms with Crippen molar-refractivity contribution in [2.75, 3.05) is 50.8 Å². The first-order chi connectivity index (χ1) is 19.0. The summed E-state index contributed by atoms with van der Waals surface area (Å²) in [6.07, 6.45) is 2.53. The highest BCUT2D eigenvalue weighted by Gasteiger charge is 2.28. The van der Waals surface area contributed by atoms with Crippen molar-refractivity contribution in [3.63, 3.8) is 0 Å². The fourth-order valence-electron chi connectivity index (χ4n) is 4.96. The molecule has 1 unspecified atom stereocenters. The van der Waals surface area contributed by atoms with E-state index in [9.17, 15) is 14.0 Å². The van der Waals surface area contributed by atoms with Gasteiger partial charge in [-0.15, -0.1) is 10.2 Å². The average Bonchev–Trinajstić information content (AvgIpc) is 3.34. The molecule has 0 saturated carbocycles. The Morgan fingerprint density at radius 2 is 1.74 bits per heavy atom. The van der Waals surface area contributed by atoms with Gasteiger partial charge in [-0.05, 0) is 79.9 Å². The minimum Gasteiger partial charge on any atom is -0.376 e. The lowest BCUT2D eigenvalue weighted by Gasteiger charge is -2.28. The van der Waals surface area contributed by atoms with E-state index in [0.29, 0.717) is 49.1 Å². The molecule has 3 aromatic rings. The van der Waals surface area contributed by atoms with Crippen LogP contribution >= 0.6 is 11.6 Å². The molecular weight excluding hydrogens is 521 g/mol. The van der Waals surface area contributed by atoms with Crippen molar-refractivity contribution < 1.29 is 18.7 Å². The third-order valence-electron chi connectivity index (χ3n) is 7.12. The predicted molar refractivity (Wildman–Crippen MR) is 147 cm³/mol. The van der Waals surface area contributed by atoms with Gasteiger partial charge < -0.3 is 19.4 Å². The lowest BCUT2D eigenvalue weighted by atomic mass is 10.1. The number of anilines is 1. The van der Waals surface area contributed by atoms with E-state index in [-0.39, 0.29) is 30.3 Å². The maximum absolute atomic E-state index is 13.4. The van der Waals surface area contributed by atoms with Gasteiger partial charge in [-0.3, -0.25) is 9.59 Å². The topological polar surface area (TPSA) is 78.9 Å². The van der Waals surface area contributed by atoms with E-state index >= 15 is 0 Å². The van der Waals surface area contributed by atoms with Crippen LogP contribution in [-0.2, 0) is 9.53 Å². The van der Waals surface area contributed by atoms with Gasteiger partial charge in [0.2, 0.25) is 5.91 Å². The molecule has 2 aliphatic heterocycles. The lowest BCUT2D eigenvalue weighted by Crippen LogP contribution is -2.46. The molecule has 8 nitrogen and oxygen atoms in total. The quantitative estimate of drug-likeness (QED) is 0.436. The number of amides is 2. The molecule has 0 spiro atoms. The number of benzene rings is 2. The SMILES string of the molecule is O=C(CN(CC1CCCO1)C(=O)c1ccc(Cl)cc1)N1CCCN(c2ccc(-c3ccc(F)cc3)nn2)CC1. The Morgan fingerprint density at radius 1 is 0.949 bits per heavy atom. The van der Waals surface area contributed by atoms with Crippen molar-refractivity contribution in [2.24, 2.45) is 0 Å². The summed E-state index contributed by atoms with van der Waals surface area (Å²) in [6.45, 7) is 3.50. The van der Waals surface area contributed by atoms with E-state index in [1.54, 1.807) is 41.3 Å². The fraction of sp³-hybridized carbons (Fsp3) is 0.379. The molecule has 1 atom stereocenters.